The second-order valence-corrected chi connectivity index (χ2v) is 21.7. The quantitative estimate of drug-likeness (QED) is 0.139. The maximum Gasteiger partial charge on any atom is 0.422 e. The lowest BCUT2D eigenvalue weighted by Crippen LogP contribution is -2.50. The summed E-state index contributed by atoms with van der Waals surface area (Å²) in [5, 5.41) is 11.5. The lowest BCUT2D eigenvalue weighted by atomic mass is 10.0. The predicted molar refractivity (Wildman–Crippen MR) is 193 cm³/mol. The van der Waals surface area contributed by atoms with Gasteiger partial charge >= 0.3 is 12.4 Å². The molecule has 0 radical (unpaired) electrons. The summed E-state index contributed by atoms with van der Waals surface area (Å²) in [6.45, 7) is 6.73. The van der Waals surface area contributed by atoms with Crippen LogP contribution < -0.4 is 0 Å². The number of aromatic amines is 1. The van der Waals surface area contributed by atoms with Crippen LogP contribution in [0.5, 0.6) is 0 Å². The molecule has 0 saturated heterocycles. The number of benzene rings is 3. The number of aryl methyl sites for hydroxylation is 3. The van der Waals surface area contributed by atoms with Crippen molar-refractivity contribution in [2.24, 2.45) is 0 Å². The van der Waals surface area contributed by atoms with Gasteiger partial charge in [-0.15, -0.1) is 0 Å². The zero-order valence-corrected chi connectivity index (χ0v) is 32.6. The highest BCUT2D eigenvalue weighted by Gasteiger charge is 2.64. The molecular formula is C34H30Cl4F6N2O4SSi. The molecule has 18 heteroatoms. The first-order chi connectivity index (χ1) is 23.8. The molecule has 2 unspecified atom stereocenters. The molecule has 2 heterocycles. The molecule has 0 saturated carbocycles. The monoisotopic (exact) mass is 844 g/mol. The summed E-state index contributed by atoms with van der Waals surface area (Å²) in [6.07, 6.45) is -10.2. The Morgan fingerprint density at radius 3 is 1.90 bits per heavy atom. The number of aliphatic hydroxyl groups is 1. The van der Waals surface area contributed by atoms with Gasteiger partial charge in [0.25, 0.3) is 10.0 Å². The molecule has 0 fully saturated rings. The minimum atomic E-state index is -4.85. The zero-order valence-electron chi connectivity index (χ0n) is 27.8. The number of nitrogens with zero attached hydrogens (tertiary/aromatic N) is 1. The minimum absolute atomic E-state index is 0.00972. The Morgan fingerprint density at radius 2 is 1.35 bits per heavy atom. The van der Waals surface area contributed by atoms with Gasteiger partial charge in [-0.05, 0) is 99.8 Å². The van der Waals surface area contributed by atoms with Crippen molar-refractivity contribution in [3.63, 3.8) is 0 Å². The van der Waals surface area contributed by atoms with Gasteiger partial charge in [-0.1, -0.05) is 64.1 Å². The molecule has 7 rings (SSSR count). The van der Waals surface area contributed by atoms with Crippen LogP contribution in [0.3, 0.4) is 0 Å². The minimum Gasteiger partial charge on any atom is -0.399 e. The molecule has 0 bridgehead atoms. The highest BCUT2D eigenvalue weighted by Crippen LogP contribution is 2.56. The first-order valence-corrected chi connectivity index (χ1v) is 22.1. The molecule has 0 amide bonds. The van der Waals surface area contributed by atoms with E-state index in [2.05, 4.69) is 4.98 Å². The third kappa shape index (κ3) is 6.34. The van der Waals surface area contributed by atoms with E-state index in [0.717, 1.165) is 9.54 Å². The fourth-order valence-corrected chi connectivity index (χ4v) is 10.6. The standard InChI is InChI=1S/C22H22Cl2F3NO3SSi.C12H8Cl2F3NO/c1-13-5-7-14(8-6-13)32(29,30)28-19-12-18(24)17(23)11-16(19)15-9-10-21(20(15)28,22(25,26)27)31-33(2,3)4;13-7-3-6-5-1-2-11(19,12(15,16)17)10(5)18-9(6)4-8(7)14/h5-8,11-12H,9-10H2,1-4H3;3-4,18-19H,1-2H2. The zero-order chi connectivity index (χ0) is 38.6. The van der Waals surface area contributed by atoms with Crippen molar-refractivity contribution in [1.29, 1.82) is 0 Å². The summed E-state index contributed by atoms with van der Waals surface area (Å²) in [6, 6.07) is 11.7. The van der Waals surface area contributed by atoms with Crippen molar-refractivity contribution in [2.75, 3.05) is 0 Å². The molecule has 52 heavy (non-hydrogen) atoms. The van der Waals surface area contributed by atoms with Crippen LogP contribution in [0.4, 0.5) is 26.3 Å². The SMILES string of the molecule is Cc1ccc(S(=O)(=O)n2c3c(c4cc(Cl)c(Cl)cc42)CCC3(O[Si](C)(C)C)C(F)(F)F)cc1.OC1(C(F)(F)F)CCc2c1[nH]c1cc(Cl)c(Cl)cc21. The van der Waals surface area contributed by atoms with Gasteiger partial charge in [-0.2, -0.15) is 26.3 Å². The molecule has 2 aliphatic rings. The first-order valence-electron chi connectivity index (χ1n) is 15.7. The Balaban J connectivity index is 0.000000206. The summed E-state index contributed by atoms with van der Waals surface area (Å²) >= 11 is 24.1. The van der Waals surface area contributed by atoms with Crippen molar-refractivity contribution in [3.8, 4) is 0 Å². The number of halogens is 10. The van der Waals surface area contributed by atoms with Crippen molar-refractivity contribution in [1.82, 2.24) is 8.96 Å². The van der Waals surface area contributed by atoms with E-state index < -0.39 is 54.0 Å². The highest BCUT2D eigenvalue weighted by molar-refractivity contribution is 7.90. The summed E-state index contributed by atoms with van der Waals surface area (Å²) in [5.41, 5.74) is -4.17. The van der Waals surface area contributed by atoms with E-state index >= 15 is 0 Å². The topological polar surface area (TPSA) is 84.3 Å². The van der Waals surface area contributed by atoms with Crippen LogP contribution in [-0.4, -0.2) is 43.2 Å². The number of nitrogens with one attached hydrogen (secondary N) is 1. The normalized spacial score (nSPS) is 20.7. The number of fused-ring (bicyclic) bond motifs is 6. The number of hydrogen-bond acceptors (Lipinski definition) is 4. The second-order valence-electron chi connectivity index (χ2n) is 13.9. The van der Waals surface area contributed by atoms with E-state index in [4.69, 9.17) is 50.8 Å². The molecule has 0 spiro atoms. The van der Waals surface area contributed by atoms with Gasteiger partial charge in [0, 0.05) is 16.3 Å². The van der Waals surface area contributed by atoms with Crippen LogP contribution in [0.1, 0.15) is 40.9 Å². The van der Waals surface area contributed by atoms with Crippen molar-refractivity contribution < 1.29 is 44.3 Å². The van der Waals surface area contributed by atoms with Gasteiger partial charge in [-0.3, -0.25) is 0 Å². The lowest BCUT2D eigenvalue weighted by Gasteiger charge is -2.38. The Labute approximate surface area is 315 Å². The molecule has 5 aromatic rings. The molecule has 2 aliphatic carbocycles. The molecule has 280 valence electrons. The van der Waals surface area contributed by atoms with E-state index in [1.165, 1.54) is 36.4 Å². The maximum absolute atomic E-state index is 14.8. The van der Waals surface area contributed by atoms with E-state index in [0.29, 0.717) is 21.9 Å². The summed E-state index contributed by atoms with van der Waals surface area (Å²) in [5.74, 6) is 0. The Hall–Kier alpha value is -2.43. The summed E-state index contributed by atoms with van der Waals surface area (Å²) in [4.78, 5) is 2.50. The molecule has 2 N–H and O–H groups in total. The second kappa shape index (κ2) is 12.8. The number of rotatable bonds is 4. The van der Waals surface area contributed by atoms with Crippen LogP contribution in [0.15, 0.2) is 53.4 Å². The molecule has 2 aromatic heterocycles. The fraction of sp³-hybridized carbons (Fsp3) is 0.353. The van der Waals surface area contributed by atoms with Crippen molar-refractivity contribution >= 4 is 86.6 Å². The third-order valence-corrected chi connectivity index (χ3v) is 13.4. The average Bonchev–Trinajstić information content (AvgIpc) is 3.74. The van der Waals surface area contributed by atoms with Crippen LogP contribution >= 0.6 is 46.4 Å². The van der Waals surface area contributed by atoms with Crippen LogP contribution in [0.25, 0.3) is 21.8 Å². The van der Waals surface area contributed by atoms with Crippen LogP contribution in [0.2, 0.25) is 39.7 Å². The largest absolute Gasteiger partial charge is 0.422 e. The van der Waals surface area contributed by atoms with Gasteiger partial charge in [0.2, 0.25) is 5.60 Å². The van der Waals surface area contributed by atoms with Crippen molar-refractivity contribution in [3.05, 3.63) is 96.7 Å². The van der Waals surface area contributed by atoms with E-state index in [1.807, 2.05) is 0 Å². The van der Waals surface area contributed by atoms with Gasteiger partial charge < -0.3 is 14.5 Å². The lowest BCUT2D eigenvalue weighted by molar-refractivity contribution is -0.266. The van der Waals surface area contributed by atoms with Crippen LogP contribution in [0, 0.1) is 6.92 Å². The number of alkyl halides is 6. The first kappa shape index (κ1) is 39.3. The third-order valence-electron chi connectivity index (χ3n) is 9.24. The molecule has 2 atom stereocenters. The number of aromatic nitrogens is 2. The van der Waals surface area contributed by atoms with Gasteiger partial charge in [0.15, 0.2) is 13.9 Å². The van der Waals surface area contributed by atoms with E-state index in [1.54, 1.807) is 38.7 Å². The molecular weight excluding hydrogens is 816 g/mol. The molecule has 0 aliphatic heterocycles. The number of hydrogen-bond donors (Lipinski definition) is 2. The smallest absolute Gasteiger partial charge is 0.399 e. The fourth-order valence-electron chi connectivity index (χ4n) is 6.99. The van der Waals surface area contributed by atoms with Gasteiger partial charge in [-0.25, -0.2) is 12.4 Å². The average molecular weight is 847 g/mol. The Bertz CT molecular complexity index is 2350. The summed E-state index contributed by atoms with van der Waals surface area (Å²) in [7, 11) is -7.22. The molecule has 6 nitrogen and oxygen atoms in total. The van der Waals surface area contributed by atoms with Gasteiger partial charge in [0.1, 0.15) is 0 Å². The van der Waals surface area contributed by atoms with Crippen LogP contribution in [-0.2, 0) is 38.5 Å². The Morgan fingerprint density at radius 1 is 0.808 bits per heavy atom. The molecule has 3 aromatic carbocycles. The van der Waals surface area contributed by atoms with E-state index in [9.17, 15) is 39.9 Å². The van der Waals surface area contributed by atoms with Gasteiger partial charge in [0.05, 0.1) is 41.9 Å². The predicted octanol–water partition coefficient (Wildman–Crippen LogP) is 11.2. The maximum atomic E-state index is 14.8. The highest BCUT2D eigenvalue weighted by atomic mass is 35.5. The summed E-state index contributed by atoms with van der Waals surface area (Å²) < 4.78 is 118. The van der Waals surface area contributed by atoms with E-state index in [-0.39, 0.29) is 61.0 Å². The Kier molecular flexibility index (Phi) is 9.68. The van der Waals surface area contributed by atoms with Crippen molar-refractivity contribution in [2.45, 2.75) is 80.7 Å². The number of H-pyrrole nitrogens is 1.